The number of hydrogen-bond acceptors (Lipinski definition) is 3. The molecule has 1 aromatic carbocycles. The fourth-order valence-electron chi connectivity index (χ4n) is 1.41. The van der Waals surface area contributed by atoms with E-state index >= 15 is 0 Å². The van der Waals surface area contributed by atoms with Crippen LogP contribution in [0.25, 0.3) is 0 Å². The van der Waals surface area contributed by atoms with Gasteiger partial charge in [0.1, 0.15) is 0 Å². The zero-order valence-electron chi connectivity index (χ0n) is 12.1. The fourth-order valence-corrected chi connectivity index (χ4v) is 1.41. The quantitative estimate of drug-likeness (QED) is 0.765. The van der Waals surface area contributed by atoms with Gasteiger partial charge >= 0.3 is 6.03 Å². The van der Waals surface area contributed by atoms with E-state index in [0.29, 0.717) is 12.1 Å². The molecule has 0 aliphatic rings. The lowest BCUT2D eigenvalue weighted by Crippen LogP contribution is -2.47. The summed E-state index contributed by atoms with van der Waals surface area (Å²) in [5.74, 6) is 0.0568. The van der Waals surface area contributed by atoms with E-state index in [0.717, 1.165) is 5.56 Å². The Balaban J connectivity index is 2.38. The van der Waals surface area contributed by atoms with Gasteiger partial charge in [0, 0.05) is 13.1 Å². The molecule has 0 aromatic heterocycles. The van der Waals surface area contributed by atoms with Crippen molar-refractivity contribution in [1.82, 2.24) is 10.6 Å². The highest BCUT2D eigenvalue weighted by Gasteiger charge is 2.25. The number of hydrogen-bond donors (Lipinski definition) is 3. The normalized spacial score (nSPS) is 13.4. The van der Waals surface area contributed by atoms with Gasteiger partial charge in [0.25, 0.3) is 0 Å². The molecule has 0 saturated carbocycles. The van der Waals surface area contributed by atoms with Crippen LogP contribution in [0.5, 0.6) is 0 Å². The molecule has 5 heteroatoms. The summed E-state index contributed by atoms with van der Waals surface area (Å²) in [6.07, 6.45) is 0. The van der Waals surface area contributed by atoms with Gasteiger partial charge in [-0.3, -0.25) is 0 Å². The van der Waals surface area contributed by atoms with Crippen LogP contribution >= 0.6 is 0 Å². The summed E-state index contributed by atoms with van der Waals surface area (Å²) >= 11 is 0. The fraction of sp³-hybridized carbons (Fsp3) is 0.467. The molecule has 0 heterocycles. The molecule has 0 aliphatic heterocycles. The van der Waals surface area contributed by atoms with E-state index in [1.54, 1.807) is 31.2 Å². The molecule has 1 atom stereocenters. The molecule has 20 heavy (non-hydrogen) atoms. The Kier molecular flexibility index (Phi) is 5.53. The van der Waals surface area contributed by atoms with Crippen LogP contribution in [0.2, 0.25) is 0 Å². The van der Waals surface area contributed by atoms with Crippen LogP contribution in [-0.4, -0.2) is 23.3 Å². The van der Waals surface area contributed by atoms with Gasteiger partial charge in [0.2, 0.25) is 0 Å². The maximum atomic E-state index is 11.6. The second-order valence-electron chi connectivity index (χ2n) is 5.36. The molecule has 1 rings (SSSR count). The molecule has 5 nitrogen and oxygen atoms in total. The smallest absolute Gasteiger partial charge is 0.315 e. The standard InChI is InChI=1S/C15H21N3O2/c1-11(2)15(3,20)10-18-14(19)17-9-13-6-4-12(8-16)5-7-13/h4-7,11,20H,9-10H2,1-3H3,(H2,17,18,19). The predicted octanol–water partition coefficient (Wildman–Crippen LogP) is 1.76. The third-order valence-electron chi connectivity index (χ3n) is 3.39. The summed E-state index contributed by atoms with van der Waals surface area (Å²) in [5.41, 5.74) is 0.576. The zero-order valence-corrected chi connectivity index (χ0v) is 12.1. The van der Waals surface area contributed by atoms with E-state index in [2.05, 4.69) is 10.6 Å². The average Bonchev–Trinajstić information content (AvgIpc) is 2.43. The van der Waals surface area contributed by atoms with Gasteiger partial charge in [-0.25, -0.2) is 4.79 Å². The van der Waals surface area contributed by atoms with Crippen LogP contribution in [0.15, 0.2) is 24.3 Å². The van der Waals surface area contributed by atoms with Gasteiger partial charge < -0.3 is 15.7 Å². The predicted molar refractivity (Wildman–Crippen MR) is 76.9 cm³/mol. The van der Waals surface area contributed by atoms with Crippen molar-refractivity contribution in [3.8, 4) is 6.07 Å². The summed E-state index contributed by atoms with van der Waals surface area (Å²) < 4.78 is 0. The Morgan fingerprint density at radius 3 is 2.45 bits per heavy atom. The van der Waals surface area contributed by atoms with Crippen LogP contribution in [0.3, 0.4) is 0 Å². The number of carbonyl (C=O) groups excluding carboxylic acids is 1. The van der Waals surface area contributed by atoms with Gasteiger partial charge in [-0.05, 0) is 30.5 Å². The van der Waals surface area contributed by atoms with Crippen molar-refractivity contribution in [2.45, 2.75) is 32.9 Å². The molecule has 0 fully saturated rings. The Hall–Kier alpha value is -2.06. The first kappa shape index (κ1) is 16.0. The van der Waals surface area contributed by atoms with Crippen molar-refractivity contribution in [1.29, 1.82) is 5.26 Å². The SMILES string of the molecule is CC(C)C(C)(O)CNC(=O)NCc1ccc(C#N)cc1. The molecule has 0 aliphatic carbocycles. The van der Waals surface area contributed by atoms with Crippen molar-refractivity contribution in [3.63, 3.8) is 0 Å². The molecular weight excluding hydrogens is 254 g/mol. The number of aliphatic hydroxyl groups is 1. The highest BCUT2D eigenvalue weighted by Crippen LogP contribution is 2.14. The Bertz CT molecular complexity index is 487. The minimum atomic E-state index is -0.925. The second-order valence-corrected chi connectivity index (χ2v) is 5.36. The summed E-state index contributed by atoms with van der Waals surface area (Å²) in [6, 6.07) is 8.72. The van der Waals surface area contributed by atoms with E-state index in [1.807, 2.05) is 19.9 Å². The number of nitrogens with zero attached hydrogens (tertiary/aromatic N) is 1. The monoisotopic (exact) mass is 275 g/mol. The summed E-state index contributed by atoms with van der Waals surface area (Å²) in [6.45, 7) is 6.07. The lowest BCUT2D eigenvalue weighted by atomic mass is 9.93. The van der Waals surface area contributed by atoms with Gasteiger partial charge in [-0.15, -0.1) is 0 Å². The molecule has 3 N–H and O–H groups in total. The summed E-state index contributed by atoms with van der Waals surface area (Å²) in [7, 11) is 0. The minimum absolute atomic E-state index is 0.0568. The molecule has 0 radical (unpaired) electrons. The van der Waals surface area contributed by atoms with Crippen LogP contribution in [0.4, 0.5) is 4.79 Å². The number of urea groups is 1. The number of benzene rings is 1. The lowest BCUT2D eigenvalue weighted by Gasteiger charge is -2.27. The molecule has 0 bridgehead atoms. The van der Waals surface area contributed by atoms with Gasteiger partial charge in [-0.1, -0.05) is 26.0 Å². The first-order valence-electron chi connectivity index (χ1n) is 6.58. The molecule has 0 spiro atoms. The number of rotatable bonds is 5. The van der Waals surface area contributed by atoms with Gasteiger partial charge in [0.05, 0.1) is 17.2 Å². The average molecular weight is 275 g/mol. The summed E-state index contributed by atoms with van der Waals surface area (Å²) in [4.78, 5) is 11.6. The van der Waals surface area contributed by atoms with Gasteiger partial charge in [-0.2, -0.15) is 5.26 Å². The van der Waals surface area contributed by atoms with E-state index in [-0.39, 0.29) is 18.5 Å². The van der Waals surface area contributed by atoms with Gasteiger partial charge in [0.15, 0.2) is 0 Å². The van der Waals surface area contributed by atoms with Crippen molar-refractivity contribution >= 4 is 6.03 Å². The summed E-state index contributed by atoms with van der Waals surface area (Å²) in [5, 5.41) is 24.0. The molecular formula is C15H21N3O2. The minimum Gasteiger partial charge on any atom is -0.388 e. The number of nitriles is 1. The zero-order chi connectivity index (χ0) is 15.2. The third kappa shape index (κ3) is 4.90. The van der Waals surface area contributed by atoms with Crippen molar-refractivity contribution in [2.75, 3.05) is 6.54 Å². The Morgan fingerprint density at radius 2 is 1.95 bits per heavy atom. The van der Waals surface area contributed by atoms with E-state index < -0.39 is 5.60 Å². The maximum Gasteiger partial charge on any atom is 0.315 e. The molecule has 1 unspecified atom stereocenters. The maximum absolute atomic E-state index is 11.6. The highest BCUT2D eigenvalue weighted by atomic mass is 16.3. The molecule has 108 valence electrons. The molecule has 2 amide bonds. The third-order valence-corrected chi connectivity index (χ3v) is 3.39. The van der Waals surface area contributed by atoms with E-state index in [1.165, 1.54) is 0 Å². The van der Waals surface area contributed by atoms with Crippen LogP contribution in [0, 0.1) is 17.2 Å². The Labute approximate surface area is 119 Å². The number of nitrogens with one attached hydrogen (secondary N) is 2. The van der Waals surface area contributed by atoms with Crippen molar-refractivity contribution < 1.29 is 9.90 Å². The molecule has 0 saturated heterocycles. The number of amides is 2. The highest BCUT2D eigenvalue weighted by molar-refractivity contribution is 5.73. The van der Waals surface area contributed by atoms with Crippen molar-refractivity contribution in [3.05, 3.63) is 35.4 Å². The molecule has 1 aromatic rings. The first-order valence-corrected chi connectivity index (χ1v) is 6.58. The topological polar surface area (TPSA) is 85.2 Å². The Morgan fingerprint density at radius 1 is 1.35 bits per heavy atom. The van der Waals surface area contributed by atoms with E-state index in [4.69, 9.17) is 5.26 Å². The van der Waals surface area contributed by atoms with Crippen LogP contribution in [-0.2, 0) is 6.54 Å². The van der Waals surface area contributed by atoms with E-state index in [9.17, 15) is 9.90 Å². The lowest BCUT2D eigenvalue weighted by molar-refractivity contribution is 0.0166. The van der Waals surface area contributed by atoms with Crippen molar-refractivity contribution in [2.24, 2.45) is 5.92 Å². The largest absolute Gasteiger partial charge is 0.388 e. The van der Waals surface area contributed by atoms with Crippen LogP contribution < -0.4 is 10.6 Å². The van der Waals surface area contributed by atoms with Crippen LogP contribution in [0.1, 0.15) is 31.9 Å². The number of carbonyl (C=O) groups is 1. The second kappa shape index (κ2) is 6.92. The first-order chi connectivity index (χ1) is 9.35.